The molecule has 2 heterocycles. The summed E-state index contributed by atoms with van der Waals surface area (Å²) in [6.45, 7) is 0.996. The molecule has 0 aromatic carbocycles. The van der Waals surface area contributed by atoms with E-state index in [1.807, 2.05) is 6.08 Å². The van der Waals surface area contributed by atoms with E-state index in [2.05, 4.69) is 5.32 Å². The summed E-state index contributed by atoms with van der Waals surface area (Å²) in [5, 5.41) is 12.4. The third-order valence-electron chi connectivity index (χ3n) is 4.24. The largest absolute Gasteiger partial charge is 0.394 e. The molecule has 0 aromatic rings. The van der Waals surface area contributed by atoms with Gasteiger partial charge < -0.3 is 24.8 Å². The number of rotatable bonds is 5. The van der Waals surface area contributed by atoms with Crippen molar-refractivity contribution in [3.8, 4) is 0 Å². The summed E-state index contributed by atoms with van der Waals surface area (Å²) in [7, 11) is 3.38. The van der Waals surface area contributed by atoms with Crippen LogP contribution in [0.3, 0.4) is 0 Å². The van der Waals surface area contributed by atoms with Crippen molar-refractivity contribution in [2.45, 2.75) is 37.5 Å². The second-order valence-corrected chi connectivity index (χ2v) is 6.19. The van der Waals surface area contributed by atoms with E-state index in [1.165, 1.54) is 4.90 Å². The maximum absolute atomic E-state index is 12.3. The lowest BCUT2D eigenvalue weighted by molar-refractivity contribution is -0.135. The van der Waals surface area contributed by atoms with Crippen LogP contribution >= 0.6 is 0 Å². The van der Waals surface area contributed by atoms with Crippen LogP contribution in [0.4, 0.5) is 0 Å². The van der Waals surface area contributed by atoms with Crippen LogP contribution < -0.4 is 5.32 Å². The van der Waals surface area contributed by atoms with Gasteiger partial charge in [0, 0.05) is 33.2 Å². The highest BCUT2D eigenvalue weighted by atomic mass is 16.5. The minimum atomic E-state index is -0.538. The first-order valence-corrected chi connectivity index (χ1v) is 8.04. The van der Waals surface area contributed by atoms with Gasteiger partial charge in [-0.25, -0.2) is 0 Å². The van der Waals surface area contributed by atoms with Gasteiger partial charge >= 0.3 is 0 Å². The summed E-state index contributed by atoms with van der Waals surface area (Å²) in [6.07, 6.45) is 4.33. The number of hydrogen-bond donors (Lipinski definition) is 2. The smallest absolute Gasteiger partial charge is 0.224 e. The molecule has 0 spiro atoms. The van der Waals surface area contributed by atoms with Gasteiger partial charge in [0.05, 0.1) is 25.2 Å². The van der Waals surface area contributed by atoms with Crippen LogP contribution in [-0.2, 0) is 19.1 Å². The van der Waals surface area contributed by atoms with Gasteiger partial charge in [0.1, 0.15) is 6.10 Å². The van der Waals surface area contributed by atoms with E-state index >= 15 is 0 Å². The van der Waals surface area contributed by atoms with Crippen molar-refractivity contribution in [1.29, 1.82) is 0 Å². The number of carbonyl (C=O) groups is 2. The molecule has 2 amide bonds. The highest BCUT2D eigenvalue weighted by molar-refractivity contribution is 5.79. The summed E-state index contributed by atoms with van der Waals surface area (Å²) in [5.41, 5.74) is 0. The van der Waals surface area contributed by atoms with Crippen molar-refractivity contribution in [3.05, 3.63) is 12.2 Å². The van der Waals surface area contributed by atoms with Gasteiger partial charge in [0.15, 0.2) is 0 Å². The van der Waals surface area contributed by atoms with Crippen molar-refractivity contribution in [1.82, 2.24) is 10.2 Å². The number of hydrogen-bond acceptors (Lipinski definition) is 5. The average molecular weight is 326 g/mol. The molecule has 130 valence electrons. The molecule has 0 radical (unpaired) electrons. The fourth-order valence-corrected chi connectivity index (χ4v) is 2.73. The molecular formula is C16H26N2O5. The Morgan fingerprint density at radius 1 is 1.26 bits per heavy atom. The van der Waals surface area contributed by atoms with Gasteiger partial charge in [0.2, 0.25) is 11.8 Å². The lowest BCUT2D eigenvalue weighted by Crippen LogP contribution is -2.50. The van der Waals surface area contributed by atoms with Crippen molar-refractivity contribution >= 4 is 11.8 Å². The predicted octanol–water partition coefficient (Wildman–Crippen LogP) is -0.308. The number of amides is 2. The van der Waals surface area contributed by atoms with E-state index in [0.29, 0.717) is 26.1 Å². The predicted molar refractivity (Wildman–Crippen MR) is 83.7 cm³/mol. The first-order valence-electron chi connectivity index (χ1n) is 8.04. The Hall–Kier alpha value is -1.44. The van der Waals surface area contributed by atoms with Gasteiger partial charge in [-0.05, 0) is 12.8 Å². The zero-order chi connectivity index (χ0) is 16.8. The average Bonchev–Trinajstić information content (AvgIpc) is 2.56. The molecular weight excluding hydrogens is 300 g/mol. The topological polar surface area (TPSA) is 88.1 Å². The number of aliphatic hydroxyl groups is 1. The van der Waals surface area contributed by atoms with Crippen molar-refractivity contribution in [3.63, 3.8) is 0 Å². The summed E-state index contributed by atoms with van der Waals surface area (Å²) in [5.74, 6) is -0.126. The van der Waals surface area contributed by atoms with Crippen LogP contribution in [0.25, 0.3) is 0 Å². The molecule has 1 fully saturated rings. The number of aliphatic hydroxyl groups excluding tert-OH is 1. The minimum Gasteiger partial charge on any atom is -0.394 e. The zero-order valence-electron chi connectivity index (χ0n) is 13.7. The SMILES string of the molecule is CN(C)C(=O)C[C@H]1C=C[C@H](NC(=O)C2CCOCC2)[C@H](CO)O1. The van der Waals surface area contributed by atoms with Crippen LogP contribution in [0.5, 0.6) is 0 Å². The summed E-state index contributed by atoms with van der Waals surface area (Å²) < 4.78 is 11.0. The standard InChI is InChI=1S/C16H26N2O5/c1-18(2)15(20)9-12-3-4-13(14(10-19)23-12)17-16(21)11-5-7-22-8-6-11/h3-4,11-14,19H,5-10H2,1-2H3,(H,17,21)/t12-,13+,14+/m1/s1. The molecule has 2 aliphatic rings. The van der Waals surface area contributed by atoms with E-state index in [-0.39, 0.29) is 42.9 Å². The Balaban J connectivity index is 1.91. The molecule has 2 aliphatic heterocycles. The fourth-order valence-electron chi connectivity index (χ4n) is 2.73. The van der Waals surface area contributed by atoms with Gasteiger partial charge in [-0.3, -0.25) is 9.59 Å². The van der Waals surface area contributed by atoms with Gasteiger partial charge in [0.25, 0.3) is 0 Å². The highest BCUT2D eigenvalue weighted by Crippen LogP contribution is 2.19. The van der Waals surface area contributed by atoms with E-state index in [1.54, 1.807) is 20.2 Å². The second-order valence-electron chi connectivity index (χ2n) is 6.19. The third-order valence-corrected chi connectivity index (χ3v) is 4.24. The van der Waals surface area contributed by atoms with Crippen LogP contribution in [0.1, 0.15) is 19.3 Å². The van der Waals surface area contributed by atoms with Gasteiger partial charge in [-0.2, -0.15) is 0 Å². The zero-order valence-corrected chi connectivity index (χ0v) is 13.7. The number of carbonyl (C=O) groups excluding carboxylic acids is 2. The monoisotopic (exact) mass is 326 g/mol. The first kappa shape index (κ1) is 17.9. The quantitative estimate of drug-likeness (QED) is 0.677. The van der Waals surface area contributed by atoms with Crippen molar-refractivity contribution in [2.24, 2.45) is 5.92 Å². The molecule has 0 aromatic heterocycles. The Morgan fingerprint density at radius 3 is 2.57 bits per heavy atom. The van der Waals surface area contributed by atoms with Crippen LogP contribution in [0.2, 0.25) is 0 Å². The number of nitrogens with zero attached hydrogens (tertiary/aromatic N) is 1. The molecule has 0 unspecified atom stereocenters. The summed E-state index contributed by atoms with van der Waals surface area (Å²) >= 11 is 0. The highest BCUT2D eigenvalue weighted by Gasteiger charge is 2.31. The molecule has 23 heavy (non-hydrogen) atoms. The molecule has 2 rings (SSSR count). The number of ether oxygens (including phenoxy) is 2. The maximum Gasteiger partial charge on any atom is 0.224 e. The van der Waals surface area contributed by atoms with E-state index in [0.717, 1.165) is 0 Å². The Kier molecular flexibility index (Phi) is 6.56. The maximum atomic E-state index is 12.3. The second kappa shape index (κ2) is 8.42. The molecule has 0 saturated carbocycles. The molecule has 7 heteroatoms. The van der Waals surface area contributed by atoms with E-state index in [9.17, 15) is 14.7 Å². The van der Waals surface area contributed by atoms with Crippen LogP contribution in [0.15, 0.2) is 12.2 Å². The molecule has 1 saturated heterocycles. The first-order chi connectivity index (χ1) is 11.0. The molecule has 2 N–H and O–H groups in total. The van der Waals surface area contributed by atoms with E-state index in [4.69, 9.17) is 9.47 Å². The number of nitrogens with one attached hydrogen (secondary N) is 1. The molecule has 3 atom stereocenters. The van der Waals surface area contributed by atoms with Crippen molar-refractivity contribution in [2.75, 3.05) is 33.9 Å². The van der Waals surface area contributed by atoms with Gasteiger partial charge in [-0.15, -0.1) is 0 Å². The lowest BCUT2D eigenvalue weighted by atomic mass is 9.97. The van der Waals surface area contributed by atoms with Crippen LogP contribution in [-0.4, -0.2) is 74.0 Å². The normalized spacial score (nSPS) is 28.4. The summed E-state index contributed by atoms with van der Waals surface area (Å²) in [4.78, 5) is 25.5. The Bertz CT molecular complexity index is 446. The third kappa shape index (κ3) is 5.02. The van der Waals surface area contributed by atoms with E-state index < -0.39 is 6.10 Å². The molecule has 0 aliphatic carbocycles. The lowest BCUT2D eigenvalue weighted by Gasteiger charge is -2.33. The molecule has 7 nitrogen and oxygen atoms in total. The van der Waals surface area contributed by atoms with Crippen LogP contribution in [0, 0.1) is 5.92 Å². The molecule has 0 bridgehead atoms. The minimum absolute atomic E-state index is 0.0344. The fraction of sp³-hybridized carbons (Fsp3) is 0.750. The summed E-state index contributed by atoms with van der Waals surface area (Å²) in [6, 6.07) is -0.374. The Labute approximate surface area is 136 Å². The Morgan fingerprint density at radius 2 is 1.96 bits per heavy atom. The van der Waals surface area contributed by atoms with Crippen molar-refractivity contribution < 1.29 is 24.2 Å². The van der Waals surface area contributed by atoms with Gasteiger partial charge in [-0.1, -0.05) is 12.2 Å².